The Morgan fingerprint density at radius 1 is 1.17 bits per heavy atom. The molecule has 0 bridgehead atoms. The van der Waals surface area contributed by atoms with Crippen molar-refractivity contribution in [3.8, 4) is 0 Å². The first-order valence-corrected chi connectivity index (χ1v) is 8.54. The van der Waals surface area contributed by atoms with Gasteiger partial charge in [-0.25, -0.2) is 0 Å². The van der Waals surface area contributed by atoms with E-state index in [2.05, 4.69) is 34.5 Å². The topological polar surface area (TPSA) is 58.4 Å². The normalized spacial score (nSPS) is 22.2. The smallest absolute Gasteiger partial charge is 0.240 e. The lowest BCUT2D eigenvalue weighted by molar-refractivity contribution is -0.127. The number of hydrogen-bond donors (Lipinski definition) is 2. The van der Waals surface area contributed by atoms with Gasteiger partial charge in [0.05, 0.1) is 5.54 Å². The number of nitrogens with two attached hydrogens (primary N) is 1. The molecule has 4 nitrogen and oxygen atoms in total. The van der Waals surface area contributed by atoms with Crippen molar-refractivity contribution in [3.63, 3.8) is 0 Å². The maximum atomic E-state index is 12.4. The average Bonchev–Trinajstić information content (AvgIpc) is 3.03. The van der Waals surface area contributed by atoms with Crippen molar-refractivity contribution >= 4 is 36.4 Å². The van der Waals surface area contributed by atoms with Gasteiger partial charge in [-0.1, -0.05) is 37.5 Å². The van der Waals surface area contributed by atoms with E-state index in [0.717, 1.165) is 51.7 Å². The van der Waals surface area contributed by atoms with E-state index in [9.17, 15) is 4.79 Å². The lowest BCUT2D eigenvalue weighted by Gasteiger charge is -2.32. The summed E-state index contributed by atoms with van der Waals surface area (Å²) in [5.41, 5.74) is 6.94. The molecule has 136 valence electrons. The van der Waals surface area contributed by atoms with Crippen molar-refractivity contribution in [3.05, 3.63) is 30.3 Å². The summed E-state index contributed by atoms with van der Waals surface area (Å²) >= 11 is 0. The first-order valence-electron chi connectivity index (χ1n) is 8.54. The fourth-order valence-corrected chi connectivity index (χ4v) is 3.70. The van der Waals surface area contributed by atoms with Crippen LogP contribution in [0.1, 0.15) is 38.5 Å². The quantitative estimate of drug-likeness (QED) is 0.851. The monoisotopic (exact) mass is 373 g/mol. The summed E-state index contributed by atoms with van der Waals surface area (Å²) < 4.78 is 0. The Labute approximate surface area is 157 Å². The third kappa shape index (κ3) is 5.01. The van der Waals surface area contributed by atoms with Crippen LogP contribution in [0.3, 0.4) is 0 Å². The highest BCUT2D eigenvalue weighted by Crippen LogP contribution is 2.27. The van der Waals surface area contributed by atoms with Crippen LogP contribution < -0.4 is 16.0 Å². The molecule has 0 radical (unpaired) electrons. The second-order valence-corrected chi connectivity index (χ2v) is 6.86. The van der Waals surface area contributed by atoms with E-state index < -0.39 is 5.54 Å². The number of anilines is 1. The molecule has 24 heavy (non-hydrogen) atoms. The van der Waals surface area contributed by atoms with Gasteiger partial charge in [-0.05, 0) is 37.3 Å². The Morgan fingerprint density at radius 3 is 2.50 bits per heavy atom. The van der Waals surface area contributed by atoms with Crippen LogP contribution in [0.2, 0.25) is 0 Å². The number of carbonyl (C=O) groups excluding carboxylic acids is 1. The third-order valence-electron chi connectivity index (χ3n) is 5.16. The summed E-state index contributed by atoms with van der Waals surface area (Å²) in [6.45, 7) is 2.83. The summed E-state index contributed by atoms with van der Waals surface area (Å²) in [6, 6.07) is 10.5. The molecule has 1 aromatic carbocycles. The molecule has 1 aromatic rings. The van der Waals surface area contributed by atoms with Gasteiger partial charge in [0.1, 0.15) is 0 Å². The fraction of sp³-hybridized carbons (Fsp3) is 0.611. The lowest BCUT2D eigenvalue weighted by Crippen LogP contribution is -2.55. The summed E-state index contributed by atoms with van der Waals surface area (Å²) in [5.74, 6) is 0.585. The molecule has 1 saturated carbocycles. The maximum absolute atomic E-state index is 12.4. The van der Waals surface area contributed by atoms with Crippen LogP contribution in [0.5, 0.6) is 0 Å². The van der Waals surface area contributed by atoms with E-state index >= 15 is 0 Å². The minimum Gasteiger partial charge on any atom is -0.371 e. The van der Waals surface area contributed by atoms with Gasteiger partial charge in [0.15, 0.2) is 0 Å². The highest BCUT2D eigenvalue weighted by Gasteiger charge is 2.35. The average molecular weight is 374 g/mol. The van der Waals surface area contributed by atoms with E-state index in [-0.39, 0.29) is 30.7 Å². The van der Waals surface area contributed by atoms with Crippen LogP contribution >= 0.6 is 24.8 Å². The van der Waals surface area contributed by atoms with Crippen LogP contribution in [-0.2, 0) is 4.79 Å². The molecule has 1 aliphatic heterocycles. The molecule has 0 spiro atoms. The molecule has 3 N–H and O–H groups in total. The highest BCUT2D eigenvalue weighted by molar-refractivity contribution is 5.86. The Bertz CT molecular complexity index is 506. The first-order chi connectivity index (χ1) is 10.7. The van der Waals surface area contributed by atoms with Crippen LogP contribution in [0.4, 0.5) is 5.69 Å². The van der Waals surface area contributed by atoms with Crippen molar-refractivity contribution in [1.82, 2.24) is 5.32 Å². The van der Waals surface area contributed by atoms with E-state index in [1.165, 1.54) is 12.1 Å². The van der Waals surface area contributed by atoms with Crippen LogP contribution in [0.15, 0.2) is 30.3 Å². The zero-order valence-corrected chi connectivity index (χ0v) is 15.7. The molecular weight excluding hydrogens is 345 g/mol. The summed E-state index contributed by atoms with van der Waals surface area (Å²) in [4.78, 5) is 14.8. The predicted octanol–water partition coefficient (Wildman–Crippen LogP) is 3.13. The summed E-state index contributed by atoms with van der Waals surface area (Å²) in [5, 5.41) is 3.12. The number of para-hydroxylation sites is 1. The number of nitrogens with zero attached hydrogens (tertiary/aromatic N) is 1. The number of nitrogens with one attached hydrogen (secondary N) is 1. The zero-order valence-electron chi connectivity index (χ0n) is 14.1. The van der Waals surface area contributed by atoms with Gasteiger partial charge in [0, 0.05) is 25.3 Å². The SMILES string of the molecule is Cl.Cl.NC1(C(=O)NCC2CCN(c3ccccc3)C2)CCCCC1. The minimum absolute atomic E-state index is 0. The van der Waals surface area contributed by atoms with Crippen molar-refractivity contribution in [2.45, 2.75) is 44.1 Å². The molecule has 2 aliphatic rings. The van der Waals surface area contributed by atoms with E-state index in [1.54, 1.807) is 0 Å². The molecule has 6 heteroatoms. The molecule has 3 rings (SSSR count). The molecular formula is C18H29Cl2N3O. The second-order valence-electron chi connectivity index (χ2n) is 6.86. The molecule has 1 amide bonds. The second kappa shape index (κ2) is 9.50. The molecule has 1 aliphatic carbocycles. The standard InChI is InChI=1S/C18H27N3O.2ClH/c19-18(10-5-2-6-11-18)17(22)20-13-15-9-12-21(14-15)16-7-3-1-4-8-16;;/h1,3-4,7-8,15H,2,5-6,9-14,19H2,(H,20,22);2*1H. The Morgan fingerprint density at radius 2 is 1.83 bits per heavy atom. The molecule has 2 fully saturated rings. The first kappa shape index (κ1) is 21.1. The van der Waals surface area contributed by atoms with Gasteiger partial charge in [-0.2, -0.15) is 0 Å². The van der Waals surface area contributed by atoms with Gasteiger partial charge >= 0.3 is 0 Å². The maximum Gasteiger partial charge on any atom is 0.240 e. The lowest BCUT2D eigenvalue weighted by atomic mass is 9.82. The molecule has 1 unspecified atom stereocenters. The number of rotatable bonds is 4. The summed E-state index contributed by atoms with van der Waals surface area (Å²) in [6.07, 6.45) is 6.16. The van der Waals surface area contributed by atoms with Crippen molar-refractivity contribution in [2.75, 3.05) is 24.5 Å². The molecule has 0 aromatic heterocycles. The molecule has 1 atom stereocenters. The highest BCUT2D eigenvalue weighted by atomic mass is 35.5. The number of amides is 1. The van der Waals surface area contributed by atoms with Crippen LogP contribution in [0.25, 0.3) is 0 Å². The van der Waals surface area contributed by atoms with Gasteiger partial charge in [-0.3, -0.25) is 4.79 Å². The van der Waals surface area contributed by atoms with E-state index in [1.807, 2.05) is 6.07 Å². The number of hydrogen-bond acceptors (Lipinski definition) is 3. The van der Waals surface area contributed by atoms with Crippen molar-refractivity contribution in [1.29, 1.82) is 0 Å². The number of halogens is 2. The van der Waals surface area contributed by atoms with Gasteiger partial charge in [0.2, 0.25) is 5.91 Å². The van der Waals surface area contributed by atoms with Crippen molar-refractivity contribution in [2.24, 2.45) is 11.7 Å². The van der Waals surface area contributed by atoms with E-state index in [0.29, 0.717) is 5.92 Å². The van der Waals surface area contributed by atoms with Gasteiger partial charge < -0.3 is 16.0 Å². The number of carbonyl (C=O) groups is 1. The van der Waals surface area contributed by atoms with E-state index in [4.69, 9.17) is 5.73 Å². The molecule has 1 saturated heterocycles. The molecule has 1 heterocycles. The fourth-order valence-electron chi connectivity index (χ4n) is 3.70. The Hall–Kier alpha value is -0.970. The minimum atomic E-state index is -0.615. The van der Waals surface area contributed by atoms with Crippen LogP contribution in [-0.4, -0.2) is 31.1 Å². The van der Waals surface area contributed by atoms with Gasteiger partial charge in [0.25, 0.3) is 0 Å². The predicted molar refractivity (Wildman–Crippen MR) is 104 cm³/mol. The third-order valence-corrected chi connectivity index (χ3v) is 5.16. The van der Waals surface area contributed by atoms with Crippen molar-refractivity contribution < 1.29 is 4.79 Å². The van der Waals surface area contributed by atoms with Gasteiger partial charge in [-0.15, -0.1) is 24.8 Å². The Kier molecular flexibility index (Phi) is 8.34. The largest absolute Gasteiger partial charge is 0.371 e. The number of benzene rings is 1. The Balaban J connectivity index is 0.00000144. The van der Waals surface area contributed by atoms with Crippen LogP contribution in [0, 0.1) is 5.92 Å². The summed E-state index contributed by atoms with van der Waals surface area (Å²) in [7, 11) is 0. The zero-order chi connectivity index (χ0) is 15.4.